The molecule has 0 unspecified atom stereocenters. The summed E-state index contributed by atoms with van der Waals surface area (Å²) in [5.74, 6) is 0.555. The third kappa shape index (κ3) is 1.59. The predicted octanol–water partition coefficient (Wildman–Crippen LogP) is 1.19. The first-order valence-electron chi connectivity index (χ1n) is 3.21. The standard InChI is InChI=1S/C7H9NO3/c1-6(8(10)5-9)7-3-2-4-11-7/h2-6,10H,1H3/t6-/m0/s1. The van der Waals surface area contributed by atoms with Crippen molar-refractivity contribution in [3.05, 3.63) is 24.2 Å². The van der Waals surface area contributed by atoms with Gasteiger partial charge in [0.2, 0.25) is 6.41 Å². The van der Waals surface area contributed by atoms with Gasteiger partial charge in [-0.2, -0.15) is 0 Å². The van der Waals surface area contributed by atoms with E-state index in [1.165, 1.54) is 6.26 Å². The van der Waals surface area contributed by atoms with E-state index in [-0.39, 0.29) is 0 Å². The molecule has 0 aliphatic carbocycles. The summed E-state index contributed by atoms with van der Waals surface area (Å²) >= 11 is 0. The van der Waals surface area contributed by atoms with Crippen molar-refractivity contribution in [3.63, 3.8) is 0 Å². The number of hydroxylamine groups is 2. The second kappa shape index (κ2) is 3.21. The van der Waals surface area contributed by atoms with E-state index in [0.29, 0.717) is 17.2 Å². The lowest BCUT2D eigenvalue weighted by atomic mass is 10.2. The molecule has 1 atom stereocenters. The Kier molecular flexibility index (Phi) is 2.28. The Labute approximate surface area is 64.0 Å². The summed E-state index contributed by atoms with van der Waals surface area (Å²) < 4.78 is 4.96. The Morgan fingerprint density at radius 2 is 2.55 bits per heavy atom. The lowest BCUT2D eigenvalue weighted by Gasteiger charge is -2.14. The highest BCUT2D eigenvalue weighted by Crippen LogP contribution is 2.16. The van der Waals surface area contributed by atoms with Gasteiger partial charge >= 0.3 is 0 Å². The first kappa shape index (κ1) is 7.81. The number of carbonyl (C=O) groups is 1. The van der Waals surface area contributed by atoms with Crippen LogP contribution in [0.2, 0.25) is 0 Å². The number of rotatable bonds is 3. The average molecular weight is 155 g/mol. The predicted molar refractivity (Wildman–Crippen MR) is 36.8 cm³/mol. The molecule has 0 radical (unpaired) electrons. The van der Waals surface area contributed by atoms with Crippen molar-refractivity contribution in [2.24, 2.45) is 0 Å². The van der Waals surface area contributed by atoms with Crippen molar-refractivity contribution >= 4 is 6.41 Å². The minimum Gasteiger partial charge on any atom is -0.467 e. The molecule has 0 spiro atoms. The Morgan fingerprint density at radius 3 is 3.00 bits per heavy atom. The molecule has 0 bridgehead atoms. The van der Waals surface area contributed by atoms with Gasteiger partial charge in [-0.05, 0) is 19.1 Å². The van der Waals surface area contributed by atoms with Crippen LogP contribution < -0.4 is 0 Å². The van der Waals surface area contributed by atoms with Crippen LogP contribution in [0.4, 0.5) is 0 Å². The summed E-state index contributed by atoms with van der Waals surface area (Å²) in [5, 5.41) is 9.46. The maximum Gasteiger partial charge on any atom is 0.233 e. The number of hydrogen-bond donors (Lipinski definition) is 1. The molecule has 0 aliphatic heterocycles. The quantitative estimate of drug-likeness (QED) is 0.405. The Morgan fingerprint density at radius 1 is 1.82 bits per heavy atom. The molecule has 0 fully saturated rings. The molecule has 0 aliphatic rings. The number of amides is 1. The molecular weight excluding hydrogens is 146 g/mol. The van der Waals surface area contributed by atoms with E-state index in [1.807, 2.05) is 0 Å². The largest absolute Gasteiger partial charge is 0.467 e. The van der Waals surface area contributed by atoms with Crippen molar-refractivity contribution < 1.29 is 14.4 Å². The van der Waals surface area contributed by atoms with Gasteiger partial charge in [-0.3, -0.25) is 10.0 Å². The fourth-order valence-corrected chi connectivity index (χ4v) is 0.751. The van der Waals surface area contributed by atoms with E-state index in [1.54, 1.807) is 19.1 Å². The van der Waals surface area contributed by atoms with Crippen LogP contribution in [-0.4, -0.2) is 16.7 Å². The first-order valence-corrected chi connectivity index (χ1v) is 3.21. The number of nitrogens with zero attached hydrogens (tertiary/aromatic N) is 1. The van der Waals surface area contributed by atoms with Crippen LogP contribution in [-0.2, 0) is 4.79 Å². The molecule has 1 heterocycles. The molecular formula is C7H9NO3. The SMILES string of the molecule is C[C@@H](c1ccco1)N(O)C=O. The molecule has 1 aromatic heterocycles. The van der Waals surface area contributed by atoms with Crippen molar-refractivity contribution in [2.75, 3.05) is 0 Å². The topological polar surface area (TPSA) is 53.7 Å². The van der Waals surface area contributed by atoms with Gasteiger partial charge in [0.15, 0.2) is 0 Å². The molecule has 1 aromatic rings. The van der Waals surface area contributed by atoms with Crippen LogP contribution in [0, 0.1) is 0 Å². The minimum atomic E-state index is -0.428. The van der Waals surface area contributed by atoms with E-state index < -0.39 is 6.04 Å². The van der Waals surface area contributed by atoms with Crippen LogP contribution >= 0.6 is 0 Å². The summed E-state index contributed by atoms with van der Waals surface area (Å²) in [6, 6.07) is 2.96. The van der Waals surface area contributed by atoms with E-state index in [9.17, 15) is 4.79 Å². The van der Waals surface area contributed by atoms with E-state index >= 15 is 0 Å². The third-order valence-corrected chi connectivity index (χ3v) is 1.46. The van der Waals surface area contributed by atoms with Gasteiger partial charge in [-0.1, -0.05) is 0 Å². The van der Waals surface area contributed by atoms with Crippen LogP contribution in [0.3, 0.4) is 0 Å². The molecule has 0 saturated carbocycles. The second-order valence-electron chi connectivity index (χ2n) is 2.18. The zero-order valence-corrected chi connectivity index (χ0v) is 6.10. The van der Waals surface area contributed by atoms with Crippen LogP contribution in [0.5, 0.6) is 0 Å². The summed E-state index contributed by atoms with van der Waals surface area (Å²) in [7, 11) is 0. The summed E-state index contributed by atoms with van der Waals surface area (Å²) in [4.78, 5) is 10.1. The fraction of sp³-hybridized carbons (Fsp3) is 0.286. The van der Waals surface area contributed by atoms with Crippen molar-refractivity contribution in [2.45, 2.75) is 13.0 Å². The third-order valence-electron chi connectivity index (χ3n) is 1.46. The van der Waals surface area contributed by atoms with Crippen molar-refractivity contribution in [1.29, 1.82) is 0 Å². The second-order valence-corrected chi connectivity index (χ2v) is 2.18. The zero-order valence-electron chi connectivity index (χ0n) is 6.10. The number of hydrogen-bond acceptors (Lipinski definition) is 3. The molecule has 1 N–H and O–H groups in total. The zero-order chi connectivity index (χ0) is 8.27. The molecule has 4 nitrogen and oxygen atoms in total. The lowest BCUT2D eigenvalue weighted by Crippen LogP contribution is -2.20. The van der Waals surface area contributed by atoms with E-state index in [0.717, 1.165) is 0 Å². The number of carbonyl (C=O) groups excluding carboxylic acids is 1. The lowest BCUT2D eigenvalue weighted by molar-refractivity contribution is -0.160. The normalized spacial score (nSPS) is 12.5. The Balaban J connectivity index is 2.69. The Bertz CT molecular complexity index is 220. The van der Waals surface area contributed by atoms with Gasteiger partial charge in [0.25, 0.3) is 0 Å². The van der Waals surface area contributed by atoms with Crippen LogP contribution in [0.1, 0.15) is 18.7 Å². The maximum absolute atomic E-state index is 10.1. The first-order chi connectivity index (χ1) is 5.25. The van der Waals surface area contributed by atoms with Gasteiger partial charge in [0, 0.05) is 0 Å². The van der Waals surface area contributed by atoms with Crippen molar-refractivity contribution in [1.82, 2.24) is 5.06 Å². The highest BCUT2D eigenvalue weighted by Gasteiger charge is 2.13. The highest BCUT2D eigenvalue weighted by molar-refractivity contribution is 5.45. The summed E-state index contributed by atoms with van der Waals surface area (Å²) in [6.45, 7) is 1.66. The maximum atomic E-state index is 10.1. The van der Waals surface area contributed by atoms with Crippen LogP contribution in [0.15, 0.2) is 22.8 Å². The smallest absolute Gasteiger partial charge is 0.233 e. The molecule has 4 heteroatoms. The monoisotopic (exact) mass is 155 g/mol. The molecule has 0 saturated heterocycles. The van der Waals surface area contributed by atoms with Crippen LogP contribution in [0.25, 0.3) is 0 Å². The van der Waals surface area contributed by atoms with E-state index in [4.69, 9.17) is 9.62 Å². The Hall–Kier alpha value is -1.29. The highest BCUT2D eigenvalue weighted by atomic mass is 16.5. The minimum absolute atomic E-state index is 0.340. The van der Waals surface area contributed by atoms with Gasteiger partial charge in [-0.15, -0.1) is 0 Å². The van der Waals surface area contributed by atoms with Gasteiger partial charge < -0.3 is 4.42 Å². The van der Waals surface area contributed by atoms with Gasteiger partial charge in [-0.25, -0.2) is 5.06 Å². The van der Waals surface area contributed by atoms with Gasteiger partial charge in [0.1, 0.15) is 11.8 Å². The van der Waals surface area contributed by atoms with Gasteiger partial charge in [0.05, 0.1) is 6.26 Å². The number of furan rings is 1. The molecule has 0 aromatic carbocycles. The molecule has 11 heavy (non-hydrogen) atoms. The van der Waals surface area contributed by atoms with Crippen molar-refractivity contribution in [3.8, 4) is 0 Å². The molecule has 60 valence electrons. The molecule has 1 rings (SSSR count). The average Bonchev–Trinajstić information content (AvgIpc) is 2.53. The van der Waals surface area contributed by atoms with E-state index in [2.05, 4.69) is 0 Å². The summed E-state index contributed by atoms with van der Waals surface area (Å²) in [6.07, 6.45) is 1.83. The summed E-state index contributed by atoms with van der Waals surface area (Å²) in [5.41, 5.74) is 0. The molecule has 1 amide bonds. The fourth-order valence-electron chi connectivity index (χ4n) is 0.751.